The fourth-order valence-electron chi connectivity index (χ4n) is 2.61. The number of nitrogens with zero attached hydrogens (tertiary/aromatic N) is 2. The van der Waals surface area contributed by atoms with Gasteiger partial charge in [-0.3, -0.25) is 0 Å². The number of benzene rings is 1. The molecule has 4 heteroatoms. The Balaban J connectivity index is 2.12. The quantitative estimate of drug-likeness (QED) is 0.593. The maximum absolute atomic E-state index is 6.34. The van der Waals surface area contributed by atoms with Crippen LogP contribution in [0.1, 0.15) is 39.0 Å². The summed E-state index contributed by atoms with van der Waals surface area (Å²) in [6.07, 6.45) is 0. The lowest BCUT2D eigenvalue weighted by molar-refractivity contribution is 0.750. The van der Waals surface area contributed by atoms with Crippen molar-refractivity contribution in [2.75, 3.05) is 0 Å². The average molecular weight is 319 g/mol. The van der Waals surface area contributed by atoms with Crippen molar-refractivity contribution in [2.24, 2.45) is 0 Å². The summed E-state index contributed by atoms with van der Waals surface area (Å²) in [4.78, 5) is 7.46. The van der Waals surface area contributed by atoms with Crippen LogP contribution in [0.3, 0.4) is 0 Å². The Bertz CT molecular complexity index is 779. The highest BCUT2D eigenvalue weighted by atomic mass is 35.5. The number of hydrogen-bond acceptors (Lipinski definition) is 2. The first-order valence-corrected chi connectivity index (χ1v) is 8.38. The molecule has 21 heavy (non-hydrogen) atoms. The third-order valence-electron chi connectivity index (χ3n) is 3.82. The van der Waals surface area contributed by atoms with E-state index in [0.717, 1.165) is 23.4 Å². The predicted molar refractivity (Wildman–Crippen MR) is 91.6 cm³/mol. The van der Waals surface area contributed by atoms with Crippen molar-refractivity contribution in [3.8, 4) is 0 Å². The van der Waals surface area contributed by atoms with Crippen LogP contribution in [0.15, 0.2) is 24.3 Å². The second kappa shape index (κ2) is 5.47. The Kier molecular flexibility index (Phi) is 3.80. The summed E-state index contributed by atoms with van der Waals surface area (Å²) in [5, 5.41) is -0.0973. The maximum atomic E-state index is 6.34. The van der Waals surface area contributed by atoms with Gasteiger partial charge in [-0.05, 0) is 57.0 Å². The Morgan fingerprint density at radius 3 is 2.62 bits per heavy atom. The number of imidazole rings is 1. The fourth-order valence-corrected chi connectivity index (χ4v) is 3.82. The van der Waals surface area contributed by atoms with E-state index in [0.29, 0.717) is 0 Å². The average Bonchev–Trinajstić information content (AvgIpc) is 2.91. The largest absolute Gasteiger partial charge is 0.321 e. The molecule has 0 amide bonds. The van der Waals surface area contributed by atoms with E-state index in [1.165, 1.54) is 20.9 Å². The van der Waals surface area contributed by atoms with Crippen LogP contribution in [0.25, 0.3) is 11.0 Å². The Labute approximate surface area is 134 Å². The van der Waals surface area contributed by atoms with E-state index in [1.807, 2.05) is 18.3 Å². The Morgan fingerprint density at radius 1 is 1.24 bits per heavy atom. The second-order valence-corrected chi connectivity index (χ2v) is 7.61. The highest BCUT2D eigenvalue weighted by Crippen LogP contribution is 2.28. The lowest BCUT2D eigenvalue weighted by atomic mass is 10.2. The maximum Gasteiger partial charge on any atom is 0.128 e. The summed E-state index contributed by atoms with van der Waals surface area (Å²) in [6, 6.07) is 8.67. The van der Waals surface area contributed by atoms with Gasteiger partial charge in [0.25, 0.3) is 0 Å². The number of fused-ring (bicyclic) bond motifs is 1. The van der Waals surface area contributed by atoms with E-state index in [9.17, 15) is 0 Å². The topological polar surface area (TPSA) is 17.8 Å². The molecule has 0 radical (unpaired) electrons. The zero-order chi connectivity index (χ0) is 15.1. The smallest absolute Gasteiger partial charge is 0.128 e. The molecule has 3 rings (SSSR count). The standard InChI is InChI=1S/C17H19ClN2S/c1-10-5-6-16-15(7-10)19-17(12(3)18)20(16)9-14-8-11(2)13(4)21-14/h5-8,12H,9H2,1-4H3. The van der Waals surface area contributed by atoms with Gasteiger partial charge in [0.15, 0.2) is 0 Å². The molecule has 0 aliphatic carbocycles. The molecule has 0 bridgehead atoms. The highest BCUT2D eigenvalue weighted by molar-refractivity contribution is 7.12. The zero-order valence-corrected chi connectivity index (χ0v) is 14.3. The monoisotopic (exact) mass is 318 g/mol. The van der Waals surface area contributed by atoms with Gasteiger partial charge in [0.2, 0.25) is 0 Å². The molecule has 110 valence electrons. The molecule has 0 spiro atoms. The molecule has 1 atom stereocenters. The van der Waals surface area contributed by atoms with Crippen LogP contribution in [0, 0.1) is 20.8 Å². The molecule has 0 N–H and O–H groups in total. The lowest BCUT2D eigenvalue weighted by Gasteiger charge is -2.09. The molecular formula is C17H19ClN2S. The molecular weight excluding hydrogens is 300 g/mol. The van der Waals surface area contributed by atoms with Crippen LogP contribution in [-0.4, -0.2) is 9.55 Å². The van der Waals surface area contributed by atoms with Gasteiger partial charge in [0.05, 0.1) is 23.0 Å². The molecule has 0 fully saturated rings. The van der Waals surface area contributed by atoms with Gasteiger partial charge in [-0.15, -0.1) is 22.9 Å². The van der Waals surface area contributed by atoms with Gasteiger partial charge in [0, 0.05) is 9.75 Å². The zero-order valence-electron chi connectivity index (χ0n) is 12.8. The van der Waals surface area contributed by atoms with Crippen LogP contribution in [0.2, 0.25) is 0 Å². The van der Waals surface area contributed by atoms with Crippen molar-refractivity contribution >= 4 is 34.0 Å². The number of halogens is 1. The van der Waals surface area contributed by atoms with Crippen molar-refractivity contribution in [3.63, 3.8) is 0 Å². The number of aromatic nitrogens is 2. The molecule has 0 saturated carbocycles. The number of alkyl halides is 1. The summed E-state index contributed by atoms with van der Waals surface area (Å²) >= 11 is 8.20. The molecule has 2 nitrogen and oxygen atoms in total. The van der Waals surface area contributed by atoms with Crippen molar-refractivity contribution in [1.82, 2.24) is 9.55 Å². The number of rotatable bonds is 3. The molecule has 0 saturated heterocycles. The Hall–Kier alpha value is -1.32. The first-order valence-electron chi connectivity index (χ1n) is 7.12. The molecule has 1 aromatic carbocycles. The SMILES string of the molecule is Cc1ccc2c(c1)nc(C(C)Cl)n2Cc1cc(C)c(C)s1. The third kappa shape index (κ3) is 2.72. The van der Waals surface area contributed by atoms with Crippen molar-refractivity contribution < 1.29 is 0 Å². The van der Waals surface area contributed by atoms with Crippen LogP contribution >= 0.6 is 22.9 Å². The number of thiophene rings is 1. The molecule has 2 heterocycles. The van der Waals surface area contributed by atoms with E-state index in [4.69, 9.17) is 16.6 Å². The minimum atomic E-state index is -0.0973. The van der Waals surface area contributed by atoms with Crippen LogP contribution < -0.4 is 0 Å². The molecule has 0 aliphatic heterocycles. The minimum absolute atomic E-state index is 0.0973. The summed E-state index contributed by atoms with van der Waals surface area (Å²) in [5.74, 6) is 0.945. The van der Waals surface area contributed by atoms with Gasteiger partial charge < -0.3 is 4.57 Å². The third-order valence-corrected chi connectivity index (χ3v) is 5.15. The van der Waals surface area contributed by atoms with E-state index in [2.05, 4.69) is 49.6 Å². The van der Waals surface area contributed by atoms with Gasteiger partial charge >= 0.3 is 0 Å². The molecule has 2 aromatic heterocycles. The molecule has 1 unspecified atom stereocenters. The van der Waals surface area contributed by atoms with Crippen molar-refractivity contribution in [1.29, 1.82) is 0 Å². The van der Waals surface area contributed by atoms with Gasteiger partial charge in [0.1, 0.15) is 5.82 Å². The normalized spacial score (nSPS) is 13.0. The predicted octanol–water partition coefficient (Wildman–Crippen LogP) is 5.37. The number of hydrogen-bond donors (Lipinski definition) is 0. The summed E-state index contributed by atoms with van der Waals surface area (Å²) in [5.41, 5.74) is 4.77. The van der Waals surface area contributed by atoms with E-state index in [-0.39, 0.29) is 5.38 Å². The van der Waals surface area contributed by atoms with Crippen LogP contribution in [0.5, 0.6) is 0 Å². The molecule has 3 aromatic rings. The first kappa shape index (κ1) is 14.6. The summed E-state index contributed by atoms with van der Waals surface area (Å²) < 4.78 is 2.25. The number of aryl methyl sites for hydroxylation is 3. The van der Waals surface area contributed by atoms with E-state index >= 15 is 0 Å². The van der Waals surface area contributed by atoms with E-state index in [1.54, 1.807) is 0 Å². The van der Waals surface area contributed by atoms with Crippen LogP contribution in [0.4, 0.5) is 0 Å². The van der Waals surface area contributed by atoms with E-state index < -0.39 is 0 Å². The summed E-state index contributed by atoms with van der Waals surface area (Å²) in [7, 11) is 0. The van der Waals surface area contributed by atoms with Gasteiger partial charge in [-0.25, -0.2) is 4.98 Å². The fraction of sp³-hybridized carbons (Fsp3) is 0.353. The highest BCUT2D eigenvalue weighted by Gasteiger charge is 2.16. The lowest BCUT2D eigenvalue weighted by Crippen LogP contribution is -2.04. The second-order valence-electron chi connectivity index (χ2n) is 5.62. The summed E-state index contributed by atoms with van der Waals surface area (Å²) in [6.45, 7) is 9.25. The van der Waals surface area contributed by atoms with Crippen molar-refractivity contribution in [2.45, 2.75) is 39.6 Å². The molecule has 0 aliphatic rings. The van der Waals surface area contributed by atoms with Gasteiger partial charge in [-0.1, -0.05) is 6.07 Å². The minimum Gasteiger partial charge on any atom is -0.321 e. The van der Waals surface area contributed by atoms with Crippen molar-refractivity contribution in [3.05, 3.63) is 51.0 Å². The van der Waals surface area contributed by atoms with Gasteiger partial charge in [-0.2, -0.15) is 0 Å². The first-order chi connectivity index (χ1) is 9.95. The Morgan fingerprint density at radius 2 is 2.00 bits per heavy atom. The van der Waals surface area contributed by atoms with Crippen LogP contribution in [-0.2, 0) is 6.54 Å².